The highest BCUT2D eigenvalue weighted by atomic mass is 16.5. The first kappa shape index (κ1) is 15.5. The second-order valence-corrected chi connectivity index (χ2v) is 5.05. The normalized spacial score (nSPS) is 12.3. The molecule has 1 aromatic carbocycles. The van der Waals surface area contributed by atoms with Crippen LogP contribution in [0.15, 0.2) is 18.2 Å². The van der Waals surface area contributed by atoms with Gasteiger partial charge >= 0.3 is 0 Å². The van der Waals surface area contributed by atoms with Crippen molar-refractivity contribution < 1.29 is 9.53 Å². The summed E-state index contributed by atoms with van der Waals surface area (Å²) >= 11 is 0. The Morgan fingerprint density at radius 3 is 2.42 bits per heavy atom. The summed E-state index contributed by atoms with van der Waals surface area (Å²) in [6.07, 6.45) is 1.42. The number of aryl methyl sites for hydroxylation is 2. The zero-order valence-electron chi connectivity index (χ0n) is 12.6. The van der Waals surface area contributed by atoms with E-state index in [0.29, 0.717) is 0 Å². The number of rotatable bonds is 6. The predicted octanol–water partition coefficient (Wildman–Crippen LogP) is 3.38. The van der Waals surface area contributed by atoms with E-state index in [1.807, 2.05) is 26.0 Å². The third kappa shape index (κ3) is 4.58. The molecule has 1 atom stereocenters. The Labute approximate surface area is 116 Å². The van der Waals surface area contributed by atoms with Gasteiger partial charge in [-0.25, -0.2) is 0 Å². The summed E-state index contributed by atoms with van der Waals surface area (Å²) in [6, 6.07) is 6.21. The number of carbonyl (C=O) groups is 1. The van der Waals surface area contributed by atoms with Crippen LogP contribution >= 0.6 is 0 Å². The highest BCUT2D eigenvalue weighted by molar-refractivity contribution is 5.81. The molecule has 0 aromatic heterocycles. The molecule has 1 rings (SSSR count). The minimum Gasteiger partial charge on any atom is -0.481 e. The maximum atomic E-state index is 12.0. The predicted molar refractivity (Wildman–Crippen MR) is 78.5 cm³/mol. The van der Waals surface area contributed by atoms with Crippen LogP contribution in [0.3, 0.4) is 0 Å². The average Bonchev–Trinajstić information content (AvgIpc) is 2.38. The van der Waals surface area contributed by atoms with Gasteiger partial charge in [-0.2, -0.15) is 0 Å². The molecule has 0 fully saturated rings. The first-order chi connectivity index (χ1) is 8.97. The maximum Gasteiger partial charge on any atom is 0.260 e. The Balaban J connectivity index is 2.63. The van der Waals surface area contributed by atoms with Gasteiger partial charge in [0.25, 0.3) is 5.91 Å². The molecular formula is C16H25NO2. The Morgan fingerprint density at radius 1 is 1.26 bits per heavy atom. The van der Waals surface area contributed by atoms with Crippen molar-refractivity contribution in [1.29, 1.82) is 0 Å². The van der Waals surface area contributed by atoms with Crippen molar-refractivity contribution in [3.8, 4) is 5.75 Å². The molecule has 1 amide bonds. The minimum atomic E-state index is -0.470. The van der Waals surface area contributed by atoms with E-state index in [-0.39, 0.29) is 11.9 Å². The van der Waals surface area contributed by atoms with Gasteiger partial charge in [-0.05, 0) is 45.2 Å². The average molecular weight is 263 g/mol. The Bertz CT molecular complexity index is 425. The first-order valence-electron chi connectivity index (χ1n) is 7.02. The lowest BCUT2D eigenvalue weighted by molar-refractivity contribution is -0.128. The second-order valence-electron chi connectivity index (χ2n) is 5.05. The number of hydrogen-bond acceptors (Lipinski definition) is 2. The molecule has 0 aliphatic carbocycles. The van der Waals surface area contributed by atoms with Crippen molar-refractivity contribution >= 4 is 5.91 Å². The Morgan fingerprint density at radius 2 is 1.89 bits per heavy atom. The van der Waals surface area contributed by atoms with Gasteiger partial charge < -0.3 is 10.1 Å². The monoisotopic (exact) mass is 263 g/mol. The molecule has 1 unspecified atom stereocenters. The quantitative estimate of drug-likeness (QED) is 0.854. The molecule has 0 saturated heterocycles. The topological polar surface area (TPSA) is 38.3 Å². The van der Waals surface area contributed by atoms with E-state index in [4.69, 9.17) is 4.74 Å². The number of carbonyl (C=O) groups excluding carboxylic acids is 1. The van der Waals surface area contributed by atoms with Gasteiger partial charge in [0.15, 0.2) is 6.10 Å². The van der Waals surface area contributed by atoms with Crippen LogP contribution in [0.25, 0.3) is 0 Å². The fourth-order valence-electron chi connectivity index (χ4n) is 1.99. The van der Waals surface area contributed by atoms with Crippen molar-refractivity contribution in [2.75, 3.05) is 0 Å². The lowest BCUT2D eigenvalue weighted by atomic mass is 10.1. The van der Waals surface area contributed by atoms with Gasteiger partial charge in [0.1, 0.15) is 5.75 Å². The van der Waals surface area contributed by atoms with Crippen molar-refractivity contribution in [2.45, 2.75) is 59.6 Å². The van der Waals surface area contributed by atoms with Crippen LogP contribution in [0.2, 0.25) is 0 Å². The van der Waals surface area contributed by atoms with Gasteiger partial charge in [0.2, 0.25) is 0 Å². The Kier molecular flexibility index (Phi) is 5.87. The molecule has 0 heterocycles. The number of hydrogen-bond donors (Lipinski definition) is 1. The molecule has 19 heavy (non-hydrogen) atoms. The fraction of sp³-hybridized carbons (Fsp3) is 0.562. The molecule has 3 heteroatoms. The van der Waals surface area contributed by atoms with E-state index in [0.717, 1.165) is 24.2 Å². The third-order valence-corrected chi connectivity index (χ3v) is 3.34. The van der Waals surface area contributed by atoms with Crippen LogP contribution in [0, 0.1) is 13.8 Å². The molecule has 106 valence electrons. The molecule has 0 aliphatic rings. The molecule has 0 aliphatic heterocycles. The molecule has 1 aromatic rings. The van der Waals surface area contributed by atoms with Crippen LogP contribution in [-0.2, 0) is 4.79 Å². The van der Waals surface area contributed by atoms with Crippen LogP contribution < -0.4 is 10.1 Å². The molecule has 3 nitrogen and oxygen atoms in total. The van der Waals surface area contributed by atoms with Gasteiger partial charge in [0.05, 0.1) is 0 Å². The standard InChI is InChI=1S/C16H25NO2/c1-6-14(7-2)17-16(18)13(5)19-15-9-8-11(3)10-12(15)4/h8-10,13-14H,6-7H2,1-5H3,(H,17,18). The summed E-state index contributed by atoms with van der Waals surface area (Å²) in [5, 5.41) is 3.00. The summed E-state index contributed by atoms with van der Waals surface area (Å²) in [5.41, 5.74) is 2.25. The van der Waals surface area contributed by atoms with Crippen molar-refractivity contribution in [1.82, 2.24) is 5.32 Å². The molecule has 0 radical (unpaired) electrons. The number of benzene rings is 1. The highest BCUT2D eigenvalue weighted by Gasteiger charge is 2.17. The summed E-state index contributed by atoms with van der Waals surface area (Å²) < 4.78 is 5.74. The van der Waals surface area contributed by atoms with E-state index in [1.165, 1.54) is 5.56 Å². The zero-order valence-corrected chi connectivity index (χ0v) is 12.6. The van der Waals surface area contributed by atoms with Crippen LogP contribution in [-0.4, -0.2) is 18.1 Å². The number of nitrogens with one attached hydrogen (secondary N) is 1. The summed E-state index contributed by atoms with van der Waals surface area (Å²) in [4.78, 5) is 12.0. The summed E-state index contributed by atoms with van der Waals surface area (Å²) in [6.45, 7) is 9.97. The van der Waals surface area contributed by atoms with Crippen molar-refractivity contribution in [3.63, 3.8) is 0 Å². The first-order valence-corrected chi connectivity index (χ1v) is 7.02. The zero-order chi connectivity index (χ0) is 14.4. The van der Waals surface area contributed by atoms with E-state index in [1.54, 1.807) is 6.92 Å². The van der Waals surface area contributed by atoms with E-state index >= 15 is 0 Å². The molecular weight excluding hydrogens is 238 g/mol. The van der Waals surface area contributed by atoms with Crippen molar-refractivity contribution in [3.05, 3.63) is 29.3 Å². The number of ether oxygens (including phenoxy) is 1. The van der Waals surface area contributed by atoms with Crippen LogP contribution in [0.1, 0.15) is 44.7 Å². The van der Waals surface area contributed by atoms with Crippen LogP contribution in [0.5, 0.6) is 5.75 Å². The fourth-order valence-corrected chi connectivity index (χ4v) is 1.99. The van der Waals surface area contributed by atoms with E-state index in [2.05, 4.69) is 25.2 Å². The molecule has 0 saturated carbocycles. The largest absolute Gasteiger partial charge is 0.481 e. The van der Waals surface area contributed by atoms with Crippen molar-refractivity contribution in [2.24, 2.45) is 0 Å². The summed E-state index contributed by atoms with van der Waals surface area (Å²) in [7, 11) is 0. The second kappa shape index (κ2) is 7.17. The lowest BCUT2D eigenvalue weighted by Gasteiger charge is -2.20. The van der Waals surface area contributed by atoms with E-state index in [9.17, 15) is 4.79 Å². The lowest BCUT2D eigenvalue weighted by Crippen LogP contribution is -2.42. The van der Waals surface area contributed by atoms with Gasteiger partial charge in [0, 0.05) is 6.04 Å². The molecule has 1 N–H and O–H groups in total. The van der Waals surface area contributed by atoms with Crippen LogP contribution in [0.4, 0.5) is 0 Å². The van der Waals surface area contributed by atoms with Gasteiger partial charge in [-0.3, -0.25) is 4.79 Å². The third-order valence-electron chi connectivity index (χ3n) is 3.34. The van der Waals surface area contributed by atoms with E-state index < -0.39 is 6.10 Å². The van der Waals surface area contributed by atoms with Gasteiger partial charge in [-0.1, -0.05) is 31.5 Å². The maximum absolute atomic E-state index is 12.0. The molecule has 0 bridgehead atoms. The molecule has 0 spiro atoms. The Hall–Kier alpha value is -1.51. The smallest absolute Gasteiger partial charge is 0.260 e. The highest BCUT2D eigenvalue weighted by Crippen LogP contribution is 2.20. The SMILES string of the molecule is CCC(CC)NC(=O)C(C)Oc1ccc(C)cc1C. The van der Waals surface area contributed by atoms with Gasteiger partial charge in [-0.15, -0.1) is 0 Å². The number of amides is 1. The summed E-state index contributed by atoms with van der Waals surface area (Å²) in [5.74, 6) is 0.728. The minimum absolute atomic E-state index is 0.0475.